The van der Waals surface area contributed by atoms with Crippen LogP contribution in [-0.2, 0) is 0 Å². The molecule has 0 bridgehead atoms. The van der Waals surface area contributed by atoms with Crippen molar-refractivity contribution in [3.05, 3.63) is 46.5 Å². The van der Waals surface area contributed by atoms with Crippen LogP contribution in [0.4, 0.5) is 5.69 Å². The molecule has 0 spiro atoms. The summed E-state index contributed by atoms with van der Waals surface area (Å²) in [6.45, 7) is 4.79. The highest BCUT2D eigenvalue weighted by atomic mass is 35.5. The zero-order chi connectivity index (χ0) is 22.3. The molecule has 2 aromatic carbocycles. The summed E-state index contributed by atoms with van der Waals surface area (Å²) >= 11 is 7.90. The van der Waals surface area contributed by atoms with Crippen LogP contribution < -0.4 is 25.3 Å². The van der Waals surface area contributed by atoms with Gasteiger partial charge in [-0.3, -0.25) is 4.79 Å². The van der Waals surface area contributed by atoms with E-state index in [2.05, 4.69) is 19.2 Å². The Morgan fingerprint density at radius 3 is 2.27 bits per heavy atom. The molecule has 1 atom stereocenters. The zero-order valence-corrected chi connectivity index (χ0v) is 19.5. The molecule has 2 aromatic rings. The van der Waals surface area contributed by atoms with Crippen molar-refractivity contribution in [3.63, 3.8) is 0 Å². The van der Waals surface area contributed by atoms with Crippen molar-refractivity contribution in [1.82, 2.24) is 5.32 Å². The van der Waals surface area contributed by atoms with Gasteiger partial charge in [0.05, 0.1) is 21.3 Å². The summed E-state index contributed by atoms with van der Waals surface area (Å²) in [5.74, 6) is 2.21. The van der Waals surface area contributed by atoms with E-state index in [1.807, 2.05) is 12.1 Å². The lowest BCUT2D eigenvalue weighted by molar-refractivity contribution is 0.0955. The van der Waals surface area contributed by atoms with E-state index in [9.17, 15) is 4.79 Å². The number of carbonyl (C=O) groups is 1. The van der Waals surface area contributed by atoms with Crippen LogP contribution in [0.15, 0.2) is 30.3 Å². The predicted octanol–water partition coefficient (Wildman–Crippen LogP) is 4.81. The van der Waals surface area contributed by atoms with Crippen LogP contribution in [0, 0.1) is 5.92 Å². The first-order chi connectivity index (χ1) is 14.3. The second kappa shape index (κ2) is 11.2. The molecule has 3 N–H and O–H groups in total. The Bertz CT molecular complexity index is 851. The molecule has 1 unspecified atom stereocenters. The van der Waals surface area contributed by atoms with Crippen molar-refractivity contribution in [2.45, 2.75) is 19.1 Å². The average molecular weight is 453 g/mol. The Hall–Kier alpha value is -2.25. The summed E-state index contributed by atoms with van der Waals surface area (Å²) in [6, 6.07) is 8.81. The Morgan fingerprint density at radius 1 is 1.10 bits per heavy atom. The molecule has 0 saturated carbocycles. The van der Waals surface area contributed by atoms with Crippen molar-refractivity contribution < 1.29 is 19.0 Å². The lowest BCUT2D eigenvalue weighted by atomic mass is 10.0. The average Bonchev–Trinajstić information content (AvgIpc) is 2.74. The normalized spacial score (nSPS) is 11.8. The second-order valence-corrected chi connectivity index (χ2v) is 8.66. The van der Waals surface area contributed by atoms with E-state index in [4.69, 9.17) is 31.5 Å². The summed E-state index contributed by atoms with van der Waals surface area (Å²) in [4.78, 5) is 12.6. The number of anilines is 1. The van der Waals surface area contributed by atoms with Gasteiger partial charge in [-0.05, 0) is 41.8 Å². The lowest BCUT2D eigenvalue weighted by Crippen LogP contribution is -2.26. The third-order valence-electron chi connectivity index (χ3n) is 4.57. The van der Waals surface area contributed by atoms with Gasteiger partial charge in [-0.1, -0.05) is 25.4 Å². The maximum Gasteiger partial charge on any atom is 0.251 e. The molecular weight excluding hydrogens is 424 g/mol. The van der Waals surface area contributed by atoms with Crippen molar-refractivity contribution in [2.24, 2.45) is 5.92 Å². The van der Waals surface area contributed by atoms with Crippen LogP contribution in [-0.4, -0.2) is 39.5 Å². The van der Waals surface area contributed by atoms with Crippen molar-refractivity contribution >= 4 is 35.0 Å². The Balaban J connectivity index is 2.02. The number of carbonyl (C=O) groups excluding carboxylic acids is 1. The summed E-state index contributed by atoms with van der Waals surface area (Å²) in [7, 11) is 4.56. The first kappa shape index (κ1) is 24.0. The molecule has 2 rings (SSSR count). The van der Waals surface area contributed by atoms with Crippen LogP contribution in [0.25, 0.3) is 0 Å². The zero-order valence-electron chi connectivity index (χ0n) is 18.0. The first-order valence-electron chi connectivity index (χ1n) is 9.57. The molecular formula is C22H29ClN2O4S. The minimum Gasteiger partial charge on any atom is -0.493 e. The number of rotatable bonds is 10. The van der Waals surface area contributed by atoms with E-state index < -0.39 is 0 Å². The monoisotopic (exact) mass is 452 g/mol. The van der Waals surface area contributed by atoms with E-state index in [0.717, 1.165) is 17.0 Å². The molecule has 30 heavy (non-hydrogen) atoms. The van der Waals surface area contributed by atoms with E-state index in [1.165, 1.54) is 21.3 Å². The van der Waals surface area contributed by atoms with Gasteiger partial charge in [0.25, 0.3) is 5.91 Å². The fourth-order valence-electron chi connectivity index (χ4n) is 3.10. The standard InChI is InChI=1S/C22H29ClN2O4S/c1-13(2)21(16-12-15(23)6-7-17(16)24)30-9-8-25-22(26)14-10-18(27-3)20(29-5)19(11-14)28-4/h6-7,10-13,21H,8-9,24H2,1-5H3,(H,25,26). The summed E-state index contributed by atoms with van der Waals surface area (Å²) in [5, 5.41) is 3.79. The molecule has 0 aliphatic carbocycles. The fourth-order valence-corrected chi connectivity index (χ4v) is 4.52. The molecule has 0 aromatic heterocycles. The minimum absolute atomic E-state index is 0.182. The number of thioether (sulfide) groups is 1. The van der Waals surface area contributed by atoms with E-state index in [0.29, 0.717) is 40.3 Å². The van der Waals surface area contributed by atoms with Gasteiger partial charge in [0.2, 0.25) is 5.75 Å². The number of nitrogens with one attached hydrogen (secondary N) is 1. The molecule has 0 fully saturated rings. The largest absolute Gasteiger partial charge is 0.493 e. The molecule has 0 aliphatic rings. The van der Waals surface area contributed by atoms with Gasteiger partial charge in [0.1, 0.15) is 0 Å². The molecule has 164 valence electrons. The summed E-state index contributed by atoms with van der Waals surface area (Å²) < 4.78 is 15.9. The van der Waals surface area contributed by atoms with Crippen LogP contribution in [0.1, 0.15) is 35.0 Å². The number of halogens is 1. The third kappa shape index (κ3) is 5.89. The highest BCUT2D eigenvalue weighted by molar-refractivity contribution is 7.99. The molecule has 1 amide bonds. The predicted molar refractivity (Wildman–Crippen MR) is 124 cm³/mol. The number of hydrogen-bond acceptors (Lipinski definition) is 6. The van der Waals surface area contributed by atoms with Crippen LogP contribution in [0.5, 0.6) is 17.2 Å². The number of ether oxygens (including phenoxy) is 3. The SMILES string of the molecule is COc1cc(C(=O)NCCSC(c2cc(Cl)ccc2N)C(C)C)cc(OC)c1OC. The fraction of sp³-hybridized carbons (Fsp3) is 0.409. The first-order valence-corrected chi connectivity index (χ1v) is 11.0. The van der Waals surface area contributed by atoms with Gasteiger partial charge in [0, 0.05) is 33.8 Å². The van der Waals surface area contributed by atoms with Gasteiger partial charge in [0.15, 0.2) is 11.5 Å². The molecule has 0 aliphatic heterocycles. The minimum atomic E-state index is -0.210. The number of methoxy groups -OCH3 is 3. The Labute approximate surface area is 187 Å². The third-order valence-corrected chi connectivity index (χ3v) is 6.41. The number of benzene rings is 2. The number of nitrogens with two attached hydrogens (primary N) is 1. The van der Waals surface area contributed by atoms with Crippen molar-refractivity contribution in [2.75, 3.05) is 39.4 Å². The van der Waals surface area contributed by atoms with Gasteiger partial charge in [-0.25, -0.2) is 0 Å². The maximum atomic E-state index is 12.6. The van der Waals surface area contributed by atoms with E-state index in [-0.39, 0.29) is 11.2 Å². The number of hydrogen-bond donors (Lipinski definition) is 2. The maximum absolute atomic E-state index is 12.6. The summed E-state index contributed by atoms with van der Waals surface area (Å²) in [5.41, 5.74) is 8.35. The number of amides is 1. The molecule has 0 heterocycles. The van der Waals surface area contributed by atoms with Crippen LogP contribution in [0.2, 0.25) is 5.02 Å². The second-order valence-electron chi connectivity index (χ2n) is 6.98. The van der Waals surface area contributed by atoms with Gasteiger partial charge in [-0.15, -0.1) is 0 Å². The van der Waals surface area contributed by atoms with Crippen LogP contribution >= 0.6 is 23.4 Å². The molecule has 8 heteroatoms. The van der Waals surface area contributed by atoms with Gasteiger partial charge < -0.3 is 25.3 Å². The lowest BCUT2D eigenvalue weighted by Gasteiger charge is -2.23. The van der Waals surface area contributed by atoms with Gasteiger partial charge >= 0.3 is 0 Å². The topological polar surface area (TPSA) is 82.8 Å². The summed E-state index contributed by atoms with van der Waals surface area (Å²) in [6.07, 6.45) is 0. The highest BCUT2D eigenvalue weighted by Crippen LogP contribution is 2.40. The van der Waals surface area contributed by atoms with Crippen molar-refractivity contribution in [1.29, 1.82) is 0 Å². The number of nitrogen functional groups attached to an aromatic ring is 1. The van der Waals surface area contributed by atoms with E-state index in [1.54, 1.807) is 30.0 Å². The smallest absolute Gasteiger partial charge is 0.251 e. The molecule has 0 radical (unpaired) electrons. The van der Waals surface area contributed by atoms with E-state index >= 15 is 0 Å². The Kier molecular flexibility index (Phi) is 8.99. The highest BCUT2D eigenvalue weighted by Gasteiger charge is 2.20. The molecule has 6 nitrogen and oxygen atoms in total. The van der Waals surface area contributed by atoms with Crippen LogP contribution in [0.3, 0.4) is 0 Å². The quantitative estimate of drug-likeness (QED) is 0.397. The molecule has 0 saturated heterocycles. The van der Waals surface area contributed by atoms with Gasteiger partial charge in [-0.2, -0.15) is 11.8 Å². The van der Waals surface area contributed by atoms with Crippen molar-refractivity contribution in [3.8, 4) is 17.2 Å². The Morgan fingerprint density at radius 2 is 1.73 bits per heavy atom.